The molecule has 0 saturated heterocycles. The maximum atomic E-state index is 11.3. The van der Waals surface area contributed by atoms with Gasteiger partial charge in [-0.15, -0.1) is 0 Å². The van der Waals surface area contributed by atoms with Gasteiger partial charge in [-0.05, 0) is 13.8 Å². The molecular weight excluding hydrogens is 270 g/mol. The zero-order chi connectivity index (χ0) is 13.9. The van der Waals surface area contributed by atoms with Crippen LogP contribution >= 0.6 is 11.6 Å². The quantitative estimate of drug-likeness (QED) is 0.847. The fourth-order valence-corrected chi connectivity index (χ4v) is 1.79. The van der Waals surface area contributed by atoms with E-state index in [1.165, 1.54) is 0 Å². The predicted molar refractivity (Wildman–Crippen MR) is 77.9 cm³/mol. The number of hydrogen-bond acceptors (Lipinski definition) is 4. The van der Waals surface area contributed by atoms with Gasteiger partial charge in [0.25, 0.3) is 0 Å². The molecule has 2 atom stereocenters. The molecule has 1 heterocycles. The van der Waals surface area contributed by atoms with Crippen LogP contribution in [-0.4, -0.2) is 32.2 Å². The van der Waals surface area contributed by atoms with Gasteiger partial charge in [-0.3, -0.25) is 4.21 Å². The Hall–Kier alpha value is -0.680. The van der Waals surface area contributed by atoms with E-state index < -0.39 is 10.8 Å². The largest absolute Gasteiger partial charge is 0.369 e. The van der Waals surface area contributed by atoms with Crippen molar-refractivity contribution in [3.63, 3.8) is 0 Å². The highest BCUT2D eigenvalue weighted by atomic mass is 35.5. The van der Waals surface area contributed by atoms with Gasteiger partial charge < -0.3 is 5.32 Å². The third kappa shape index (κ3) is 3.92. The first-order chi connectivity index (χ1) is 8.32. The SMILES string of the molecule is Cc1c(Cl)nc(C(C)C)nc1NCC(C)S(C)=O. The van der Waals surface area contributed by atoms with E-state index in [0.717, 1.165) is 17.2 Å². The molecule has 0 bridgehead atoms. The lowest BCUT2D eigenvalue weighted by Gasteiger charge is -2.15. The molecule has 0 aliphatic rings. The molecule has 0 aliphatic carbocycles. The zero-order valence-corrected chi connectivity index (χ0v) is 13.0. The van der Waals surface area contributed by atoms with Crippen molar-refractivity contribution in [2.75, 3.05) is 18.1 Å². The van der Waals surface area contributed by atoms with Crippen molar-refractivity contribution < 1.29 is 4.21 Å². The van der Waals surface area contributed by atoms with Crippen molar-refractivity contribution in [1.29, 1.82) is 0 Å². The van der Waals surface area contributed by atoms with E-state index in [-0.39, 0.29) is 11.2 Å². The summed E-state index contributed by atoms with van der Waals surface area (Å²) in [5.74, 6) is 1.68. The molecule has 0 aromatic carbocycles. The van der Waals surface area contributed by atoms with Crippen LogP contribution in [0.2, 0.25) is 5.15 Å². The van der Waals surface area contributed by atoms with Gasteiger partial charge >= 0.3 is 0 Å². The van der Waals surface area contributed by atoms with Gasteiger partial charge in [-0.25, -0.2) is 9.97 Å². The average molecular weight is 290 g/mol. The first-order valence-electron chi connectivity index (χ1n) is 5.93. The Morgan fingerprint density at radius 3 is 2.44 bits per heavy atom. The molecule has 0 saturated carbocycles. The molecule has 0 fully saturated rings. The molecule has 18 heavy (non-hydrogen) atoms. The van der Waals surface area contributed by atoms with Gasteiger partial charge in [0.2, 0.25) is 0 Å². The van der Waals surface area contributed by atoms with Crippen LogP contribution in [0, 0.1) is 6.92 Å². The van der Waals surface area contributed by atoms with Crippen molar-refractivity contribution in [2.24, 2.45) is 0 Å². The lowest BCUT2D eigenvalue weighted by Crippen LogP contribution is -2.22. The smallest absolute Gasteiger partial charge is 0.137 e. The number of halogens is 1. The Labute approximate surface area is 116 Å². The molecule has 1 aromatic rings. The van der Waals surface area contributed by atoms with Crippen molar-refractivity contribution in [2.45, 2.75) is 38.9 Å². The van der Waals surface area contributed by atoms with E-state index >= 15 is 0 Å². The summed E-state index contributed by atoms with van der Waals surface area (Å²) in [5.41, 5.74) is 0.829. The van der Waals surface area contributed by atoms with E-state index in [1.807, 2.05) is 27.7 Å². The highest BCUT2D eigenvalue weighted by Gasteiger charge is 2.13. The minimum atomic E-state index is -0.849. The van der Waals surface area contributed by atoms with Gasteiger partial charge in [-0.1, -0.05) is 25.4 Å². The van der Waals surface area contributed by atoms with Crippen molar-refractivity contribution >= 4 is 28.2 Å². The molecule has 0 aliphatic heterocycles. The van der Waals surface area contributed by atoms with Crippen molar-refractivity contribution in [3.05, 3.63) is 16.5 Å². The molecule has 2 unspecified atom stereocenters. The molecule has 102 valence electrons. The standard InChI is InChI=1S/C12H20ClN3OS/c1-7(2)11-15-10(13)9(4)12(16-11)14-6-8(3)18(5)17/h7-8H,6H2,1-5H3,(H,14,15,16). The Bertz CT molecular complexity index is 451. The molecule has 0 radical (unpaired) electrons. The summed E-state index contributed by atoms with van der Waals surface area (Å²) < 4.78 is 11.3. The summed E-state index contributed by atoms with van der Waals surface area (Å²) in [6.07, 6.45) is 1.70. The van der Waals surface area contributed by atoms with Crippen LogP contribution in [0.15, 0.2) is 0 Å². The third-order valence-corrected chi connectivity index (χ3v) is 4.41. The van der Waals surface area contributed by atoms with Crippen LogP contribution in [0.1, 0.15) is 38.1 Å². The number of nitrogens with one attached hydrogen (secondary N) is 1. The van der Waals surface area contributed by atoms with E-state index in [1.54, 1.807) is 6.26 Å². The zero-order valence-electron chi connectivity index (χ0n) is 11.5. The van der Waals surface area contributed by atoms with E-state index in [2.05, 4.69) is 15.3 Å². The van der Waals surface area contributed by atoms with Crippen LogP contribution in [0.25, 0.3) is 0 Å². The summed E-state index contributed by atoms with van der Waals surface area (Å²) in [6, 6.07) is 0. The molecule has 4 nitrogen and oxygen atoms in total. The maximum Gasteiger partial charge on any atom is 0.137 e. The molecule has 1 rings (SSSR count). The highest BCUT2D eigenvalue weighted by molar-refractivity contribution is 7.84. The number of aromatic nitrogens is 2. The topological polar surface area (TPSA) is 54.9 Å². The Balaban J connectivity index is 2.91. The summed E-state index contributed by atoms with van der Waals surface area (Å²) in [6.45, 7) is 8.46. The second-order valence-corrected chi connectivity index (χ2v) is 6.85. The summed E-state index contributed by atoms with van der Waals surface area (Å²) in [7, 11) is -0.849. The van der Waals surface area contributed by atoms with E-state index in [0.29, 0.717) is 11.7 Å². The second kappa shape index (κ2) is 6.48. The van der Waals surface area contributed by atoms with Crippen LogP contribution in [0.3, 0.4) is 0 Å². The van der Waals surface area contributed by atoms with Crippen molar-refractivity contribution in [1.82, 2.24) is 9.97 Å². The van der Waals surface area contributed by atoms with E-state index in [9.17, 15) is 4.21 Å². The molecular formula is C12H20ClN3OS. The fraction of sp³-hybridized carbons (Fsp3) is 0.667. The highest BCUT2D eigenvalue weighted by Crippen LogP contribution is 2.22. The molecule has 1 N–H and O–H groups in total. The number of hydrogen-bond donors (Lipinski definition) is 1. The van der Waals surface area contributed by atoms with Gasteiger partial charge in [0.15, 0.2) is 0 Å². The third-order valence-electron chi connectivity index (χ3n) is 2.74. The Morgan fingerprint density at radius 2 is 1.94 bits per heavy atom. The monoisotopic (exact) mass is 289 g/mol. The maximum absolute atomic E-state index is 11.3. The first kappa shape index (κ1) is 15.4. The van der Waals surface area contributed by atoms with E-state index in [4.69, 9.17) is 11.6 Å². The van der Waals surface area contributed by atoms with Gasteiger partial charge in [0.05, 0.1) is 0 Å². The van der Waals surface area contributed by atoms with Crippen LogP contribution < -0.4 is 5.32 Å². The minimum Gasteiger partial charge on any atom is -0.369 e. The lowest BCUT2D eigenvalue weighted by molar-refractivity contribution is 0.678. The number of nitrogens with zero attached hydrogens (tertiary/aromatic N) is 2. The van der Waals surface area contributed by atoms with Gasteiger partial charge in [-0.2, -0.15) is 0 Å². The summed E-state index contributed by atoms with van der Waals surface area (Å²) >= 11 is 6.09. The van der Waals surface area contributed by atoms with Crippen LogP contribution in [0.4, 0.5) is 5.82 Å². The summed E-state index contributed by atoms with van der Waals surface area (Å²) in [5, 5.41) is 3.75. The van der Waals surface area contributed by atoms with Crippen LogP contribution in [0.5, 0.6) is 0 Å². The second-order valence-electron chi connectivity index (χ2n) is 4.69. The Kier molecular flexibility index (Phi) is 5.53. The number of anilines is 1. The van der Waals surface area contributed by atoms with Gasteiger partial charge in [0, 0.05) is 40.3 Å². The van der Waals surface area contributed by atoms with Gasteiger partial charge in [0.1, 0.15) is 16.8 Å². The Morgan fingerprint density at radius 1 is 1.33 bits per heavy atom. The normalized spacial score (nSPS) is 14.6. The fourth-order valence-electron chi connectivity index (χ4n) is 1.29. The minimum absolute atomic E-state index is 0.0700. The summed E-state index contributed by atoms with van der Waals surface area (Å²) in [4.78, 5) is 8.71. The number of rotatable bonds is 5. The lowest BCUT2D eigenvalue weighted by atomic mass is 10.2. The predicted octanol–water partition coefficient (Wildman–Crippen LogP) is 2.74. The molecule has 0 amide bonds. The molecule has 0 spiro atoms. The van der Waals surface area contributed by atoms with Crippen LogP contribution in [-0.2, 0) is 10.8 Å². The average Bonchev–Trinajstić information content (AvgIpc) is 2.29. The first-order valence-corrected chi connectivity index (χ1v) is 7.93. The molecule has 6 heteroatoms. The molecule has 1 aromatic heterocycles. The van der Waals surface area contributed by atoms with Crippen molar-refractivity contribution in [3.8, 4) is 0 Å².